The number of benzene rings is 2. The van der Waals surface area contributed by atoms with Crippen molar-refractivity contribution in [2.24, 2.45) is 0 Å². The molecule has 0 unspecified atom stereocenters. The number of amides is 1. The number of anilines is 1. The van der Waals surface area contributed by atoms with Gasteiger partial charge in [0, 0.05) is 29.9 Å². The minimum Gasteiger partial charge on any atom is -0.504 e. The summed E-state index contributed by atoms with van der Waals surface area (Å²) in [6.07, 6.45) is 0. The van der Waals surface area contributed by atoms with Crippen LogP contribution in [-0.4, -0.2) is 22.7 Å². The Morgan fingerprint density at radius 3 is 2.48 bits per heavy atom. The molecule has 0 bridgehead atoms. The molecule has 0 heterocycles. The lowest BCUT2D eigenvalue weighted by molar-refractivity contribution is 0.0956. The summed E-state index contributed by atoms with van der Waals surface area (Å²) < 4.78 is 0. The SMILES string of the molecule is CCNC(=O)c1ccc(NCc2cccc(O)c2O)cc1. The second-order valence-electron chi connectivity index (χ2n) is 4.58. The molecule has 4 N–H and O–H groups in total. The van der Waals surface area contributed by atoms with E-state index in [-0.39, 0.29) is 17.4 Å². The quantitative estimate of drug-likeness (QED) is 0.636. The smallest absolute Gasteiger partial charge is 0.251 e. The van der Waals surface area contributed by atoms with E-state index in [4.69, 9.17) is 0 Å². The lowest BCUT2D eigenvalue weighted by atomic mass is 10.1. The van der Waals surface area contributed by atoms with Crippen molar-refractivity contribution in [2.45, 2.75) is 13.5 Å². The van der Waals surface area contributed by atoms with Gasteiger partial charge < -0.3 is 20.8 Å². The standard InChI is InChI=1S/C16H18N2O3/c1-2-17-16(21)11-6-8-13(9-7-11)18-10-12-4-3-5-14(19)15(12)20/h3-9,18-20H,2,10H2,1H3,(H,17,21). The molecular weight excluding hydrogens is 268 g/mol. The number of nitrogens with one attached hydrogen (secondary N) is 2. The van der Waals surface area contributed by atoms with Crippen LogP contribution in [0.25, 0.3) is 0 Å². The molecule has 5 heteroatoms. The fourth-order valence-corrected chi connectivity index (χ4v) is 1.92. The number of rotatable bonds is 5. The molecule has 0 aliphatic heterocycles. The van der Waals surface area contributed by atoms with Crippen LogP contribution in [0.2, 0.25) is 0 Å². The maximum Gasteiger partial charge on any atom is 0.251 e. The third-order valence-electron chi connectivity index (χ3n) is 3.07. The first-order valence-corrected chi connectivity index (χ1v) is 6.73. The third kappa shape index (κ3) is 3.66. The van der Waals surface area contributed by atoms with Crippen LogP contribution in [0.15, 0.2) is 42.5 Å². The zero-order chi connectivity index (χ0) is 15.2. The van der Waals surface area contributed by atoms with Crippen molar-refractivity contribution in [3.05, 3.63) is 53.6 Å². The molecule has 0 atom stereocenters. The van der Waals surface area contributed by atoms with E-state index in [0.717, 1.165) is 5.69 Å². The fourth-order valence-electron chi connectivity index (χ4n) is 1.92. The molecule has 0 saturated carbocycles. The monoisotopic (exact) mass is 286 g/mol. The summed E-state index contributed by atoms with van der Waals surface area (Å²) in [7, 11) is 0. The van der Waals surface area contributed by atoms with Crippen molar-refractivity contribution in [3.63, 3.8) is 0 Å². The van der Waals surface area contributed by atoms with Crippen molar-refractivity contribution in [3.8, 4) is 11.5 Å². The Balaban J connectivity index is 2.01. The largest absolute Gasteiger partial charge is 0.504 e. The van der Waals surface area contributed by atoms with E-state index in [2.05, 4.69) is 10.6 Å². The highest BCUT2D eigenvalue weighted by atomic mass is 16.3. The topological polar surface area (TPSA) is 81.6 Å². The van der Waals surface area contributed by atoms with Crippen LogP contribution in [0.3, 0.4) is 0 Å². The molecule has 0 spiro atoms. The lowest BCUT2D eigenvalue weighted by Crippen LogP contribution is -2.22. The molecule has 0 aromatic heterocycles. The van der Waals surface area contributed by atoms with Gasteiger partial charge in [-0.15, -0.1) is 0 Å². The Hall–Kier alpha value is -2.69. The lowest BCUT2D eigenvalue weighted by Gasteiger charge is -2.09. The van der Waals surface area contributed by atoms with Crippen molar-refractivity contribution in [1.29, 1.82) is 0 Å². The van der Waals surface area contributed by atoms with Crippen molar-refractivity contribution in [2.75, 3.05) is 11.9 Å². The molecule has 0 saturated heterocycles. The van der Waals surface area contributed by atoms with Crippen LogP contribution >= 0.6 is 0 Å². The number of para-hydroxylation sites is 1. The Morgan fingerprint density at radius 2 is 1.81 bits per heavy atom. The van der Waals surface area contributed by atoms with Crippen LogP contribution in [0, 0.1) is 0 Å². The summed E-state index contributed by atoms with van der Waals surface area (Å²) in [6, 6.07) is 11.9. The highest BCUT2D eigenvalue weighted by Gasteiger charge is 2.06. The number of hydrogen-bond acceptors (Lipinski definition) is 4. The van der Waals surface area contributed by atoms with E-state index < -0.39 is 0 Å². The molecule has 0 radical (unpaired) electrons. The zero-order valence-electron chi connectivity index (χ0n) is 11.8. The van der Waals surface area contributed by atoms with Crippen LogP contribution in [0.5, 0.6) is 11.5 Å². The van der Waals surface area contributed by atoms with Gasteiger partial charge in [-0.3, -0.25) is 4.79 Å². The Morgan fingerprint density at radius 1 is 1.10 bits per heavy atom. The summed E-state index contributed by atoms with van der Waals surface area (Å²) in [5, 5.41) is 25.0. The van der Waals surface area contributed by atoms with E-state index in [1.165, 1.54) is 6.07 Å². The Labute approximate surface area is 123 Å². The number of carbonyl (C=O) groups excluding carboxylic acids is 1. The first kappa shape index (κ1) is 14.7. The number of carbonyl (C=O) groups is 1. The summed E-state index contributed by atoms with van der Waals surface area (Å²) in [5.41, 5.74) is 2.02. The highest BCUT2D eigenvalue weighted by molar-refractivity contribution is 5.94. The van der Waals surface area contributed by atoms with Crippen LogP contribution in [-0.2, 0) is 6.54 Å². The van der Waals surface area contributed by atoms with Gasteiger partial charge in [0.25, 0.3) is 5.91 Å². The predicted molar refractivity (Wildman–Crippen MR) is 81.5 cm³/mol. The Bertz CT molecular complexity index is 624. The van der Waals surface area contributed by atoms with Crippen molar-refractivity contribution in [1.82, 2.24) is 5.32 Å². The predicted octanol–water partition coefficient (Wildman–Crippen LogP) is 2.46. The number of phenolic OH excluding ortho intramolecular Hbond substituents is 2. The summed E-state index contributed by atoms with van der Waals surface area (Å²) in [6.45, 7) is 2.84. The van der Waals surface area contributed by atoms with Gasteiger partial charge in [-0.05, 0) is 37.3 Å². The van der Waals surface area contributed by atoms with Gasteiger partial charge in [0.15, 0.2) is 11.5 Å². The van der Waals surface area contributed by atoms with Gasteiger partial charge in [-0.2, -0.15) is 0 Å². The molecule has 2 aromatic rings. The van der Waals surface area contributed by atoms with E-state index in [1.807, 2.05) is 6.92 Å². The van der Waals surface area contributed by atoms with Crippen LogP contribution in [0.4, 0.5) is 5.69 Å². The van der Waals surface area contributed by atoms with Crippen molar-refractivity contribution >= 4 is 11.6 Å². The second kappa shape index (κ2) is 6.65. The molecular formula is C16H18N2O3. The molecule has 2 aromatic carbocycles. The first-order chi connectivity index (χ1) is 10.1. The van der Waals surface area contributed by atoms with E-state index in [0.29, 0.717) is 24.2 Å². The van der Waals surface area contributed by atoms with Gasteiger partial charge in [-0.1, -0.05) is 12.1 Å². The number of aromatic hydroxyl groups is 2. The second-order valence-corrected chi connectivity index (χ2v) is 4.58. The number of hydrogen-bond donors (Lipinski definition) is 4. The first-order valence-electron chi connectivity index (χ1n) is 6.73. The fraction of sp³-hybridized carbons (Fsp3) is 0.188. The van der Waals surface area contributed by atoms with Gasteiger partial charge >= 0.3 is 0 Å². The Kier molecular flexibility index (Phi) is 4.66. The molecule has 5 nitrogen and oxygen atoms in total. The normalized spacial score (nSPS) is 10.1. The number of phenols is 2. The van der Waals surface area contributed by atoms with E-state index in [1.54, 1.807) is 36.4 Å². The van der Waals surface area contributed by atoms with Gasteiger partial charge in [0.2, 0.25) is 0 Å². The third-order valence-corrected chi connectivity index (χ3v) is 3.07. The summed E-state index contributed by atoms with van der Waals surface area (Å²) in [5.74, 6) is -0.362. The molecule has 0 aliphatic carbocycles. The average molecular weight is 286 g/mol. The van der Waals surface area contributed by atoms with Crippen molar-refractivity contribution < 1.29 is 15.0 Å². The van der Waals surface area contributed by atoms with Gasteiger partial charge in [0.05, 0.1) is 0 Å². The van der Waals surface area contributed by atoms with Gasteiger partial charge in [0.1, 0.15) is 0 Å². The molecule has 110 valence electrons. The average Bonchev–Trinajstić information content (AvgIpc) is 2.49. The van der Waals surface area contributed by atoms with Gasteiger partial charge in [-0.25, -0.2) is 0 Å². The zero-order valence-corrected chi connectivity index (χ0v) is 11.8. The van der Waals surface area contributed by atoms with Crippen LogP contribution in [0.1, 0.15) is 22.8 Å². The molecule has 21 heavy (non-hydrogen) atoms. The van der Waals surface area contributed by atoms with E-state index in [9.17, 15) is 15.0 Å². The molecule has 0 fully saturated rings. The summed E-state index contributed by atoms with van der Waals surface area (Å²) in [4.78, 5) is 11.6. The molecule has 2 rings (SSSR count). The van der Waals surface area contributed by atoms with E-state index >= 15 is 0 Å². The maximum atomic E-state index is 11.6. The highest BCUT2D eigenvalue weighted by Crippen LogP contribution is 2.28. The molecule has 0 aliphatic rings. The van der Waals surface area contributed by atoms with Crippen LogP contribution < -0.4 is 10.6 Å². The summed E-state index contributed by atoms with van der Waals surface area (Å²) >= 11 is 0. The minimum atomic E-state index is -0.138. The maximum absolute atomic E-state index is 11.6. The minimum absolute atomic E-state index is 0.102. The molecule has 1 amide bonds.